The molecule has 1 aliphatic rings. The van der Waals surface area contributed by atoms with Crippen molar-refractivity contribution in [1.29, 1.82) is 0 Å². The molecule has 152 valence electrons. The second kappa shape index (κ2) is 8.84. The van der Waals surface area contributed by atoms with Crippen LogP contribution in [0.1, 0.15) is 29.3 Å². The number of benzene rings is 2. The summed E-state index contributed by atoms with van der Waals surface area (Å²) in [5.74, 6) is 0.297. The van der Waals surface area contributed by atoms with Crippen molar-refractivity contribution in [1.82, 2.24) is 16.0 Å². The molecule has 0 saturated carbocycles. The molecule has 1 aliphatic heterocycles. The van der Waals surface area contributed by atoms with Gasteiger partial charge in [-0.1, -0.05) is 31.2 Å². The number of hydrogen-bond donors (Lipinski definition) is 4. The molecule has 3 aromatic rings. The summed E-state index contributed by atoms with van der Waals surface area (Å²) in [4.78, 5) is 13.7. The van der Waals surface area contributed by atoms with Gasteiger partial charge in [0.25, 0.3) is 0 Å². The fourth-order valence-electron chi connectivity index (χ4n) is 3.84. The van der Waals surface area contributed by atoms with Crippen molar-refractivity contribution in [3.63, 3.8) is 0 Å². The van der Waals surface area contributed by atoms with Crippen LogP contribution in [-0.2, 0) is 19.4 Å². The van der Waals surface area contributed by atoms with Gasteiger partial charge in [-0.05, 0) is 53.6 Å². The van der Waals surface area contributed by atoms with Crippen LogP contribution in [0.3, 0.4) is 0 Å². The van der Waals surface area contributed by atoms with Crippen LogP contribution in [0.5, 0.6) is 5.75 Å². The van der Waals surface area contributed by atoms with Gasteiger partial charge in [0.2, 0.25) is 0 Å². The number of amides is 2. The summed E-state index contributed by atoms with van der Waals surface area (Å²) in [6, 6.07) is 16.3. The van der Waals surface area contributed by atoms with Gasteiger partial charge >= 0.3 is 6.03 Å². The molecule has 1 aromatic heterocycles. The van der Waals surface area contributed by atoms with E-state index in [1.54, 1.807) is 23.5 Å². The highest BCUT2D eigenvalue weighted by molar-refractivity contribution is 7.19. The Balaban J connectivity index is 1.27. The first-order valence-corrected chi connectivity index (χ1v) is 11.0. The highest BCUT2D eigenvalue weighted by Gasteiger charge is 2.19. The Bertz CT molecular complexity index is 968. The van der Waals surface area contributed by atoms with Gasteiger partial charge in [0, 0.05) is 41.2 Å². The third-order valence-electron chi connectivity index (χ3n) is 5.50. The first kappa shape index (κ1) is 19.7. The van der Waals surface area contributed by atoms with Crippen molar-refractivity contribution >= 4 is 27.5 Å². The lowest BCUT2D eigenvalue weighted by Gasteiger charge is -2.27. The van der Waals surface area contributed by atoms with E-state index in [2.05, 4.69) is 53.2 Å². The topological polar surface area (TPSA) is 73.4 Å². The quantitative estimate of drug-likeness (QED) is 0.498. The molecule has 0 unspecified atom stereocenters. The summed E-state index contributed by atoms with van der Waals surface area (Å²) in [6.07, 6.45) is 2.58. The Labute approximate surface area is 175 Å². The zero-order valence-corrected chi connectivity index (χ0v) is 17.4. The first-order valence-electron chi connectivity index (χ1n) is 10.2. The number of rotatable bonds is 6. The maximum absolute atomic E-state index is 12.4. The number of fused-ring (bicyclic) bond motifs is 2. The van der Waals surface area contributed by atoms with Crippen molar-refractivity contribution in [2.24, 2.45) is 0 Å². The minimum atomic E-state index is -0.115. The summed E-state index contributed by atoms with van der Waals surface area (Å²) in [5.41, 5.74) is 2.35. The van der Waals surface area contributed by atoms with Crippen LogP contribution in [0.4, 0.5) is 4.79 Å². The van der Waals surface area contributed by atoms with Gasteiger partial charge in [-0.25, -0.2) is 4.79 Å². The SMILES string of the molecule is CC[C@@H](Cc1cc2ccccc2s1)NC(=O)NC[C@@H]1Cc2ccc(O)cc2CN1. The summed E-state index contributed by atoms with van der Waals surface area (Å²) < 4.78 is 1.29. The molecule has 5 nitrogen and oxygen atoms in total. The zero-order chi connectivity index (χ0) is 20.2. The van der Waals surface area contributed by atoms with Crippen LogP contribution in [0.2, 0.25) is 0 Å². The van der Waals surface area contributed by atoms with Crippen LogP contribution in [0, 0.1) is 0 Å². The van der Waals surface area contributed by atoms with Crippen LogP contribution in [0.15, 0.2) is 48.5 Å². The first-order chi connectivity index (χ1) is 14.1. The molecular weight excluding hydrogens is 382 g/mol. The normalized spacial score (nSPS) is 16.9. The van der Waals surface area contributed by atoms with E-state index in [9.17, 15) is 9.90 Å². The minimum Gasteiger partial charge on any atom is -0.508 e. The van der Waals surface area contributed by atoms with Crippen molar-refractivity contribution < 1.29 is 9.90 Å². The Hall–Kier alpha value is -2.57. The lowest BCUT2D eigenvalue weighted by Crippen LogP contribution is -2.49. The summed E-state index contributed by atoms with van der Waals surface area (Å²) in [6.45, 7) is 3.39. The smallest absolute Gasteiger partial charge is 0.315 e. The van der Waals surface area contributed by atoms with E-state index in [-0.39, 0.29) is 18.1 Å². The summed E-state index contributed by atoms with van der Waals surface area (Å²) >= 11 is 1.80. The molecule has 2 atom stereocenters. The number of hydrogen-bond acceptors (Lipinski definition) is 4. The average molecular weight is 410 g/mol. The fraction of sp³-hybridized carbons (Fsp3) is 0.348. The molecule has 4 rings (SSSR count). The second-order valence-electron chi connectivity index (χ2n) is 7.65. The van der Waals surface area contributed by atoms with Gasteiger partial charge in [-0.2, -0.15) is 0 Å². The van der Waals surface area contributed by atoms with Gasteiger partial charge in [0.15, 0.2) is 0 Å². The van der Waals surface area contributed by atoms with Crippen molar-refractivity contribution in [3.8, 4) is 5.75 Å². The maximum atomic E-state index is 12.4. The molecule has 2 amide bonds. The third-order valence-corrected chi connectivity index (χ3v) is 6.64. The molecule has 6 heteroatoms. The average Bonchev–Trinajstić information content (AvgIpc) is 3.14. The lowest BCUT2D eigenvalue weighted by molar-refractivity contribution is 0.234. The Kier molecular flexibility index (Phi) is 6.02. The summed E-state index contributed by atoms with van der Waals surface area (Å²) in [5, 5.41) is 20.4. The zero-order valence-electron chi connectivity index (χ0n) is 16.6. The Morgan fingerprint density at radius 3 is 2.93 bits per heavy atom. The van der Waals surface area contributed by atoms with Gasteiger partial charge < -0.3 is 21.1 Å². The third kappa shape index (κ3) is 4.89. The van der Waals surface area contributed by atoms with Crippen LogP contribution >= 0.6 is 11.3 Å². The number of phenolic OH excluding ortho intramolecular Hbond substituents is 1. The van der Waals surface area contributed by atoms with Crippen LogP contribution in [0.25, 0.3) is 10.1 Å². The molecule has 0 bridgehead atoms. The number of thiophene rings is 1. The van der Waals surface area contributed by atoms with Crippen molar-refractivity contribution in [2.45, 2.75) is 44.8 Å². The van der Waals surface area contributed by atoms with Gasteiger partial charge in [0.05, 0.1) is 0 Å². The number of aromatic hydroxyl groups is 1. The molecule has 29 heavy (non-hydrogen) atoms. The Morgan fingerprint density at radius 2 is 2.10 bits per heavy atom. The molecule has 4 N–H and O–H groups in total. The molecule has 0 radical (unpaired) electrons. The number of phenols is 1. The molecule has 0 aliphatic carbocycles. The van der Waals surface area contributed by atoms with Gasteiger partial charge in [-0.15, -0.1) is 11.3 Å². The predicted molar refractivity (Wildman–Crippen MR) is 119 cm³/mol. The van der Waals surface area contributed by atoms with Crippen LogP contribution < -0.4 is 16.0 Å². The fourth-order valence-corrected chi connectivity index (χ4v) is 4.99. The van der Waals surface area contributed by atoms with Crippen LogP contribution in [-0.4, -0.2) is 29.8 Å². The lowest BCUT2D eigenvalue weighted by atomic mass is 9.95. The maximum Gasteiger partial charge on any atom is 0.315 e. The van der Waals surface area contributed by atoms with E-state index in [0.29, 0.717) is 18.8 Å². The van der Waals surface area contributed by atoms with E-state index >= 15 is 0 Å². The van der Waals surface area contributed by atoms with E-state index in [4.69, 9.17) is 0 Å². The molecule has 2 aromatic carbocycles. The highest BCUT2D eigenvalue weighted by Crippen LogP contribution is 2.26. The van der Waals surface area contributed by atoms with Crippen molar-refractivity contribution in [2.75, 3.05) is 6.54 Å². The van der Waals surface area contributed by atoms with Gasteiger partial charge in [-0.3, -0.25) is 0 Å². The highest BCUT2D eigenvalue weighted by atomic mass is 32.1. The molecular formula is C23H27N3O2S. The molecule has 0 fully saturated rings. The van der Waals surface area contributed by atoms with Gasteiger partial charge in [0.1, 0.15) is 5.75 Å². The second-order valence-corrected chi connectivity index (χ2v) is 8.82. The van der Waals surface area contributed by atoms with E-state index in [0.717, 1.165) is 24.8 Å². The Morgan fingerprint density at radius 1 is 1.24 bits per heavy atom. The largest absolute Gasteiger partial charge is 0.508 e. The number of carbonyl (C=O) groups excluding carboxylic acids is 1. The number of nitrogens with one attached hydrogen (secondary N) is 3. The number of urea groups is 1. The van der Waals surface area contributed by atoms with E-state index in [1.807, 2.05) is 6.07 Å². The summed E-state index contributed by atoms with van der Waals surface area (Å²) in [7, 11) is 0. The van der Waals surface area contributed by atoms with E-state index < -0.39 is 0 Å². The number of carbonyl (C=O) groups is 1. The molecule has 2 heterocycles. The monoisotopic (exact) mass is 409 g/mol. The van der Waals surface area contributed by atoms with Crippen molar-refractivity contribution in [3.05, 3.63) is 64.5 Å². The molecule has 0 spiro atoms. The standard InChI is InChI=1S/C23H27N3O2S/c1-2-18(12-21-11-16-5-3-4-6-22(16)29-21)26-23(28)25-14-19-9-15-7-8-20(27)10-17(15)13-24-19/h3-8,10-11,18-19,24,27H,2,9,12-14H2,1H3,(H2,25,26,28)/t18-,19-/m0/s1. The minimum absolute atomic E-state index is 0.115. The predicted octanol–water partition coefficient (Wildman–Crippen LogP) is 3.94. The van der Waals surface area contributed by atoms with E-state index in [1.165, 1.54) is 20.5 Å². The molecule has 0 saturated heterocycles.